The number of nitrogens with zero attached hydrogens (tertiary/aromatic N) is 6. The van der Waals surface area contributed by atoms with Gasteiger partial charge in [-0.2, -0.15) is 0 Å². The molecule has 5 rings (SSSR count). The zero-order chi connectivity index (χ0) is 20.0. The molecule has 0 bridgehead atoms. The SMILES string of the molecule is CCCn1c(=O)c2ccccc2n2c(SCc3cc(=O)n4ccsc4n3)nnc12. The van der Waals surface area contributed by atoms with Crippen LogP contribution < -0.4 is 11.1 Å². The number of para-hydroxylation sites is 1. The van der Waals surface area contributed by atoms with E-state index >= 15 is 0 Å². The monoisotopic (exact) mass is 424 g/mol. The van der Waals surface area contributed by atoms with E-state index in [0.29, 0.717) is 39.3 Å². The van der Waals surface area contributed by atoms with E-state index in [4.69, 9.17) is 0 Å². The molecule has 0 saturated heterocycles. The molecule has 146 valence electrons. The van der Waals surface area contributed by atoms with Crippen LogP contribution in [-0.2, 0) is 12.3 Å². The molecule has 0 unspecified atom stereocenters. The highest BCUT2D eigenvalue weighted by Crippen LogP contribution is 2.24. The van der Waals surface area contributed by atoms with Crippen molar-refractivity contribution in [3.63, 3.8) is 0 Å². The van der Waals surface area contributed by atoms with Gasteiger partial charge in [-0.3, -0.25) is 23.0 Å². The van der Waals surface area contributed by atoms with Crippen molar-refractivity contribution in [3.8, 4) is 0 Å². The normalized spacial score (nSPS) is 11.8. The van der Waals surface area contributed by atoms with Crippen molar-refractivity contribution in [2.75, 3.05) is 0 Å². The average Bonchev–Trinajstić information content (AvgIpc) is 3.37. The molecular formula is C19H16N6O2S2. The number of benzene rings is 1. The third-order valence-corrected chi connectivity index (χ3v) is 6.35. The molecule has 0 atom stereocenters. The van der Waals surface area contributed by atoms with Gasteiger partial charge < -0.3 is 0 Å². The Morgan fingerprint density at radius 1 is 1.17 bits per heavy atom. The maximum absolute atomic E-state index is 12.9. The lowest BCUT2D eigenvalue weighted by molar-refractivity contribution is 0.662. The fourth-order valence-electron chi connectivity index (χ4n) is 3.35. The fourth-order valence-corrected chi connectivity index (χ4v) is 4.92. The molecule has 29 heavy (non-hydrogen) atoms. The Morgan fingerprint density at radius 3 is 2.90 bits per heavy atom. The molecule has 1 aromatic carbocycles. The van der Waals surface area contributed by atoms with Gasteiger partial charge in [0.05, 0.1) is 16.6 Å². The number of thioether (sulfide) groups is 1. The lowest BCUT2D eigenvalue weighted by atomic mass is 10.2. The minimum atomic E-state index is -0.0971. The van der Waals surface area contributed by atoms with Gasteiger partial charge >= 0.3 is 0 Å². The van der Waals surface area contributed by atoms with Crippen molar-refractivity contribution in [3.05, 3.63) is 68.3 Å². The van der Waals surface area contributed by atoms with E-state index in [0.717, 1.165) is 11.9 Å². The summed E-state index contributed by atoms with van der Waals surface area (Å²) >= 11 is 2.87. The molecule has 0 N–H and O–H groups in total. The molecule has 0 fully saturated rings. The third-order valence-electron chi connectivity index (χ3n) is 4.63. The van der Waals surface area contributed by atoms with E-state index < -0.39 is 0 Å². The van der Waals surface area contributed by atoms with E-state index in [9.17, 15) is 9.59 Å². The van der Waals surface area contributed by atoms with Crippen LogP contribution in [0.25, 0.3) is 21.6 Å². The number of rotatable bonds is 5. The quantitative estimate of drug-likeness (QED) is 0.403. The molecular weight excluding hydrogens is 408 g/mol. The maximum Gasteiger partial charge on any atom is 0.262 e. The lowest BCUT2D eigenvalue weighted by Crippen LogP contribution is -2.23. The molecule has 0 amide bonds. The number of hydrogen-bond donors (Lipinski definition) is 0. The van der Waals surface area contributed by atoms with Gasteiger partial charge in [0.25, 0.3) is 11.1 Å². The molecule has 0 saturated carbocycles. The minimum absolute atomic E-state index is 0.0586. The molecule has 0 aliphatic rings. The minimum Gasteiger partial charge on any atom is -0.276 e. The van der Waals surface area contributed by atoms with E-state index in [1.54, 1.807) is 16.8 Å². The molecule has 0 spiro atoms. The van der Waals surface area contributed by atoms with Crippen LogP contribution in [0.2, 0.25) is 0 Å². The highest BCUT2D eigenvalue weighted by molar-refractivity contribution is 7.98. The second kappa shape index (κ2) is 7.12. The Labute approximate surface area is 172 Å². The number of thiazole rings is 1. The first-order chi connectivity index (χ1) is 14.2. The van der Waals surface area contributed by atoms with Gasteiger partial charge in [-0.05, 0) is 18.6 Å². The van der Waals surface area contributed by atoms with Crippen molar-refractivity contribution in [2.45, 2.75) is 30.8 Å². The summed E-state index contributed by atoms with van der Waals surface area (Å²) < 4.78 is 5.11. The van der Waals surface area contributed by atoms with Gasteiger partial charge in [0.15, 0.2) is 10.1 Å². The second-order valence-corrected chi connectivity index (χ2v) is 8.34. The molecule has 4 aromatic heterocycles. The van der Waals surface area contributed by atoms with Crippen LogP contribution in [0.1, 0.15) is 19.0 Å². The maximum atomic E-state index is 12.9. The average molecular weight is 425 g/mol. The molecule has 0 radical (unpaired) electrons. The zero-order valence-corrected chi connectivity index (χ0v) is 17.1. The van der Waals surface area contributed by atoms with Gasteiger partial charge in [0, 0.05) is 29.9 Å². The summed E-state index contributed by atoms with van der Waals surface area (Å²) in [5.74, 6) is 1.01. The van der Waals surface area contributed by atoms with E-state index in [2.05, 4.69) is 15.2 Å². The molecule has 0 aliphatic heterocycles. The Bertz CT molecular complexity index is 1480. The van der Waals surface area contributed by atoms with Gasteiger partial charge in [-0.1, -0.05) is 30.8 Å². The Hall–Kier alpha value is -2.98. The smallest absolute Gasteiger partial charge is 0.262 e. The fraction of sp³-hybridized carbons (Fsp3) is 0.211. The summed E-state index contributed by atoms with van der Waals surface area (Å²) in [6.45, 7) is 2.60. The summed E-state index contributed by atoms with van der Waals surface area (Å²) in [5, 5.41) is 11.7. The van der Waals surface area contributed by atoms with Gasteiger partial charge in [0.2, 0.25) is 5.78 Å². The van der Waals surface area contributed by atoms with Crippen LogP contribution in [0.4, 0.5) is 0 Å². The number of aryl methyl sites for hydroxylation is 1. The van der Waals surface area contributed by atoms with E-state index in [1.165, 1.54) is 27.5 Å². The molecule has 10 heteroatoms. The van der Waals surface area contributed by atoms with Crippen LogP contribution in [0, 0.1) is 0 Å². The summed E-state index contributed by atoms with van der Waals surface area (Å²) in [6.07, 6.45) is 2.54. The summed E-state index contributed by atoms with van der Waals surface area (Å²) in [4.78, 5) is 30.3. The largest absolute Gasteiger partial charge is 0.276 e. The molecule has 0 aliphatic carbocycles. The van der Waals surface area contributed by atoms with Gasteiger partial charge in [0.1, 0.15) is 0 Å². The molecule has 4 heterocycles. The van der Waals surface area contributed by atoms with Crippen LogP contribution in [-0.4, -0.2) is 28.5 Å². The summed E-state index contributed by atoms with van der Waals surface area (Å²) in [5.41, 5.74) is 1.30. The first-order valence-electron chi connectivity index (χ1n) is 9.12. The lowest BCUT2D eigenvalue weighted by Gasteiger charge is -2.10. The predicted molar refractivity (Wildman–Crippen MR) is 114 cm³/mol. The highest BCUT2D eigenvalue weighted by atomic mass is 32.2. The van der Waals surface area contributed by atoms with Crippen LogP contribution >= 0.6 is 23.1 Å². The predicted octanol–water partition coefficient (Wildman–Crippen LogP) is 2.82. The van der Waals surface area contributed by atoms with Gasteiger partial charge in [-0.25, -0.2) is 4.98 Å². The van der Waals surface area contributed by atoms with Crippen molar-refractivity contribution in [2.24, 2.45) is 0 Å². The summed E-state index contributed by atoms with van der Waals surface area (Å²) in [6, 6.07) is 9.02. The van der Waals surface area contributed by atoms with Crippen LogP contribution in [0.3, 0.4) is 0 Å². The van der Waals surface area contributed by atoms with Crippen molar-refractivity contribution in [1.29, 1.82) is 0 Å². The number of fused-ring (bicyclic) bond motifs is 4. The standard InChI is InChI=1S/C19H16N6O2S2/c1-2-7-24-16(27)13-5-3-4-6-14(13)25-17(24)21-22-19(25)29-11-12-10-15(26)23-8-9-28-18(23)20-12/h3-6,8-10H,2,7,11H2,1H3. The Morgan fingerprint density at radius 2 is 2.03 bits per heavy atom. The van der Waals surface area contributed by atoms with Gasteiger partial charge in [-0.15, -0.1) is 21.5 Å². The van der Waals surface area contributed by atoms with Crippen molar-refractivity contribution < 1.29 is 0 Å². The first-order valence-corrected chi connectivity index (χ1v) is 11.0. The van der Waals surface area contributed by atoms with E-state index in [-0.39, 0.29) is 11.1 Å². The first kappa shape index (κ1) is 18.1. The number of aromatic nitrogens is 6. The summed E-state index contributed by atoms with van der Waals surface area (Å²) in [7, 11) is 0. The zero-order valence-electron chi connectivity index (χ0n) is 15.5. The van der Waals surface area contributed by atoms with Crippen molar-refractivity contribution in [1.82, 2.24) is 28.5 Å². The molecule has 5 aromatic rings. The topological polar surface area (TPSA) is 86.6 Å². The highest BCUT2D eigenvalue weighted by Gasteiger charge is 2.16. The Kier molecular flexibility index (Phi) is 4.44. The van der Waals surface area contributed by atoms with Crippen LogP contribution in [0.5, 0.6) is 0 Å². The third kappa shape index (κ3) is 2.95. The van der Waals surface area contributed by atoms with Crippen LogP contribution in [0.15, 0.2) is 56.7 Å². The van der Waals surface area contributed by atoms with Crippen molar-refractivity contribution >= 4 is 44.7 Å². The number of hydrogen-bond acceptors (Lipinski definition) is 7. The Balaban J connectivity index is 1.61. The molecule has 8 nitrogen and oxygen atoms in total. The van der Waals surface area contributed by atoms with E-state index in [1.807, 2.05) is 41.0 Å². The second-order valence-electron chi connectivity index (χ2n) is 6.52.